The van der Waals surface area contributed by atoms with E-state index in [9.17, 15) is 15.3 Å². The van der Waals surface area contributed by atoms with Crippen molar-refractivity contribution in [1.82, 2.24) is 0 Å². The van der Waals surface area contributed by atoms with Gasteiger partial charge in [0.1, 0.15) is 0 Å². The monoisotopic (exact) mass is 320 g/mol. The molecule has 3 N–H and O–H groups in total. The lowest BCUT2D eigenvalue weighted by Crippen LogP contribution is -2.58. The maximum Gasteiger partial charge on any atom is 0.0943 e. The molecule has 3 heteroatoms. The van der Waals surface area contributed by atoms with Crippen molar-refractivity contribution in [3.05, 3.63) is 23.8 Å². The van der Waals surface area contributed by atoms with E-state index in [2.05, 4.69) is 33.4 Å². The highest BCUT2D eigenvalue weighted by molar-refractivity contribution is 5.38. The van der Waals surface area contributed by atoms with Crippen molar-refractivity contribution in [3.63, 3.8) is 0 Å². The number of rotatable bonds is 1. The summed E-state index contributed by atoms with van der Waals surface area (Å²) in [5, 5.41) is 33.5. The molecular formula is C20H32O3. The first-order valence-electron chi connectivity index (χ1n) is 9.02. The van der Waals surface area contributed by atoms with E-state index < -0.39 is 22.7 Å². The minimum atomic E-state index is -1.07. The Kier molecular flexibility index (Phi) is 3.69. The van der Waals surface area contributed by atoms with Gasteiger partial charge in [-0.05, 0) is 61.0 Å². The number of aliphatic hydroxyl groups is 3. The van der Waals surface area contributed by atoms with Crippen LogP contribution in [0.25, 0.3) is 0 Å². The smallest absolute Gasteiger partial charge is 0.0943 e. The zero-order valence-corrected chi connectivity index (χ0v) is 15.0. The Morgan fingerprint density at radius 3 is 2.48 bits per heavy atom. The van der Waals surface area contributed by atoms with Crippen LogP contribution in [0.15, 0.2) is 23.8 Å². The molecule has 130 valence electrons. The number of aliphatic hydroxyl groups excluding tert-OH is 1. The summed E-state index contributed by atoms with van der Waals surface area (Å²) in [6.07, 6.45) is 5.68. The molecule has 0 saturated heterocycles. The first kappa shape index (κ1) is 17.2. The summed E-state index contributed by atoms with van der Waals surface area (Å²) in [5.41, 5.74) is -0.794. The molecule has 0 radical (unpaired) electrons. The van der Waals surface area contributed by atoms with E-state index in [-0.39, 0.29) is 11.3 Å². The van der Waals surface area contributed by atoms with Gasteiger partial charge in [0.25, 0.3) is 0 Å². The van der Waals surface area contributed by atoms with Crippen molar-refractivity contribution < 1.29 is 15.3 Å². The van der Waals surface area contributed by atoms with E-state index in [1.165, 1.54) is 0 Å². The summed E-state index contributed by atoms with van der Waals surface area (Å²) in [6, 6.07) is 0. The molecule has 2 saturated carbocycles. The third-order valence-corrected chi connectivity index (χ3v) is 7.49. The van der Waals surface area contributed by atoms with Gasteiger partial charge in [-0.25, -0.2) is 0 Å². The second-order valence-corrected chi connectivity index (χ2v) is 9.07. The van der Waals surface area contributed by atoms with Crippen LogP contribution in [0.2, 0.25) is 0 Å². The third kappa shape index (κ3) is 2.06. The molecule has 0 spiro atoms. The van der Waals surface area contributed by atoms with E-state index in [4.69, 9.17) is 0 Å². The summed E-state index contributed by atoms with van der Waals surface area (Å²) in [7, 11) is 0. The van der Waals surface area contributed by atoms with Gasteiger partial charge in [0, 0.05) is 5.41 Å². The topological polar surface area (TPSA) is 60.7 Å². The summed E-state index contributed by atoms with van der Waals surface area (Å²) >= 11 is 0. The highest BCUT2D eigenvalue weighted by Crippen LogP contribution is 2.63. The number of fused-ring (bicyclic) bond motifs is 2. The fraction of sp³-hybridized carbons (Fsp3) is 0.800. The van der Waals surface area contributed by atoms with Crippen LogP contribution >= 0.6 is 0 Å². The lowest BCUT2D eigenvalue weighted by atomic mass is 9.56. The molecule has 3 rings (SSSR count). The first-order valence-corrected chi connectivity index (χ1v) is 9.02. The Labute approximate surface area is 140 Å². The average Bonchev–Trinajstić information content (AvgIpc) is 2.66. The molecule has 23 heavy (non-hydrogen) atoms. The van der Waals surface area contributed by atoms with Gasteiger partial charge in [-0.3, -0.25) is 0 Å². The normalized spacial score (nSPS) is 50.3. The van der Waals surface area contributed by atoms with E-state index in [0.29, 0.717) is 25.7 Å². The zero-order valence-electron chi connectivity index (χ0n) is 15.0. The Morgan fingerprint density at radius 1 is 1.22 bits per heavy atom. The summed E-state index contributed by atoms with van der Waals surface area (Å²) in [6.45, 7) is 12.4. The van der Waals surface area contributed by atoms with Gasteiger partial charge in [-0.1, -0.05) is 40.3 Å². The molecular weight excluding hydrogens is 288 g/mol. The van der Waals surface area contributed by atoms with Crippen molar-refractivity contribution >= 4 is 0 Å². The molecule has 3 aliphatic carbocycles. The Morgan fingerprint density at radius 2 is 1.87 bits per heavy atom. The Balaban J connectivity index is 2.12. The molecule has 0 bridgehead atoms. The maximum absolute atomic E-state index is 11.6. The largest absolute Gasteiger partial charge is 0.392 e. The van der Waals surface area contributed by atoms with Crippen LogP contribution in [-0.4, -0.2) is 32.6 Å². The van der Waals surface area contributed by atoms with Crippen molar-refractivity contribution in [2.75, 3.05) is 0 Å². The van der Waals surface area contributed by atoms with Gasteiger partial charge in [0.15, 0.2) is 0 Å². The average molecular weight is 320 g/mol. The van der Waals surface area contributed by atoms with Gasteiger partial charge in [-0.15, -0.1) is 0 Å². The molecule has 0 heterocycles. The van der Waals surface area contributed by atoms with E-state index in [1.54, 1.807) is 0 Å². The zero-order chi connectivity index (χ0) is 17.3. The molecule has 0 unspecified atom stereocenters. The van der Waals surface area contributed by atoms with Crippen LogP contribution in [0.5, 0.6) is 0 Å². The highest BCUT2D eigenvalue weighted by atomic mass is 16.3. The quantitative estimate of drug-likeness (QED) is 0.649. The summed E-state index contributed by atoms with van der Waals surface area (Å²) in [4.78, 5) is 0. The molecule has 0 amide bonds. The van der Waals surface area contributed by atoms with Crippen LogP contribution in [0.1, 0.15) is 66.2 Å². The van der Waals surface area contributed by atoms with Crippen LogP contribution in [-0.2, 0) is 0 Å². The molecule has 5 atom stereocenters. The van der Waals surface area contributed by atoms with Crippen LogP contribution < -0.4 is 0 Å². The fourth-order valence-electron chi connectivity index (χ4n) is 5.49. The first-order chi connectivity index (χ1) is 10.5. The molecule has 3 aliphatic rings. The van der Waals surface area contributed by atoms with Gasteiger partial charge in [0.05, 0.1) is 17.3 Å². The van der Waals surface area contributed by atoms with Gasteiger partial charge in [-0.2, -0.15) is 0 Å². The van der Waals surface area contributed by atoms with Crippen LogP contribution in [0.4, 0.5) is 0 Å². The van der Waals surface area contributed by atoms with Crippen LogP contribution in [0.3, 0.4) is 0 Å². The van der Waals surface area contributed by atoms with Crippen molar-refractivity contribution in [2.24, 2.45) is 16.7 Å². The standard InChI is InChI=1S/C20H32O3/c1-13(2)19(22)11-10-17(4)12-20(23)14(3)6-7-16(21)18(20,5)9-8-15(17)19/h8,13,16,21-23H,3,6-7,9-12H2,1-2,4-5H3/t16-,17-,18-,19+,20+/m0/s1. The summed E-state index contributed by atoms with van der Waals surface area (Å²) in [5.74, 6) is 0.145. The molecule has 0 aromatic rings. The SMILES string of the molecule is C=C1CC[C@H](O)[C@]2(C)CC=C3[C@@](C)(CC[C@@]3(O)C(C)C)C[C@@]12O. The Hall–Kier alpha value is -0.640. The fourth-order valence-corrected chi connectivity index (χ4v) is 5.49. The van der Waals surface area contributed by atoms with E-state index in [0.717, 1.165) is 24.0 Å². The lowest BCUT2D eigenvalue weighted by Gasteiger charge is -2.53. The number of hydrogen-bond donors (Lipinski definition) is 3. The van der Waals surface area contributed by atoms with Gasteiger partial charge >= 0.3 is 0 Å². The Bertz CT molecular complexity index is 565. The summed E-state index contributed by atoms with van der Waals surface area (Å²) < 4.78 is 0. The molecule has 0 aliphatic heterocycles. The second kappa shape index (κ2) is 4.93. The highest BCUT2D eigenvalue weighted by Gasteiger charge is 2.62. The van der Waals surface area contributed by atoms with Crippen LogP contribution in [0, 0.1) is 16.7 Å². The minimum absolute atomic E-state index is 0.145. The lowest BCUT2D eigenvalue weighted by molar-refractivity contribution is -0.142. The van der Waals surface area contributed by atoms with Crippen molar-refractivity contribution in [3.8, 4) is 0 Å². The second-order valence-electron chi connectivity index (χ2n) is 9.07. The maximum atomic E-state index is 11.6. The molecule has 0 aromatic heterocycles. The van der Waals surface area contributed by atoms with Gasteiger partial charge in [0.2, 0.25) is 0 Å². The minimum Gasteiger partial charge on any atom is -0.392 e. The number of allylic oxidation sites excluding steroid dienone is 1. The van der Waals surface area contributed by atoms with Crippen molar-refractivity contribution in [2.45, 2.75) is 83.5 Å². The van der Waals surface area contributed by atoms with E-state index >= 15 is 0 Å². The van der Waals surface area contributed by atoms with Gasteiger partial charge < -0.3 is 15.3 Å². The molecule has 0 aromatic carbocycles. The number of hydrogen-bond acceptors (Lipinski definition) is 3. The van der Waals surface area contributed by atoms with E-state index in [1.807, 2.05) is 6.92 Å². The van der Waals surface area contributed by atoms with Crippen molar-refractivity contribution in [1.29, 1.82) is 0 Å². The molecule has 3 nitrogen and oxygen atoms in total. The predicted octanol–water partition coefficient (Wildman–Crippen LogP) is 3.34. The molecule has 2 fully saturated rings. The third-order valence-electron chi connectivity index (χ3n) is 7.49. The predicted molar refractivity (Wildman–Crippen MR) is 91.9 cm³/mol.